The molecule has 1 aromatic heterocycles. The molecule has 0 atom stereocenters. The number of nitrogens with zero attached hydrogens (tertiary/aromatic N) is 3. The zero-order valence-electron chi connectivity index (χ0n) is 23.5. The lowest BCUT2D eigenvalue weighted by molar-refractivity contribution is -0.139. The first-order chi connectivity index (χ1) is 20.1. The molecule has 42 heavy (non-hydrogen) atoms. The molecule has 4 N–H and O–H groups in total. The minimum absolute atomic E-state index is 0.0253. The highest BCUT2D eigenvalue weighted by atomic mass is 16.3. The number of fused-ring (bicyclic) bond motifs is 1. The van der Waals surface area contributed by atoms with E-state index in [9.17, 15) is 19.5 Å². The number of carbonyl (C=O) groups is 3. The maximum absolute atomic E-state index is 13.7. The van der Waals surface area contributed by atoms with E-state index in [0.717, 1.165) is 40.3 Å². The number of hydrogen-bond donors (Lipinski definition) is 4. The summed E-state index contributed by atoms with van der Waals surface area (Å²) in [6.07, 6.45) is 5.22. The Morgan fingerprint density at radius 1 is 1.02 bits per heavy atom. The summed E-state index contributed by atoms with van der Waals surface area (Å²) in [5.74, 6) is -2.07. The number of hydrogen-bond acceptors (Lipinski definition) is 6. The molecule has 0 unspecified atom stereocenters. The Hall–Kier alpha value is -5.01. The van der Waals surface area contributed by atoms with Gasteiger partial charge < -0.3 is 21.1 Å². The highest BCUT2D eigenvalue weighted by Crippen LogP contribution is 2.49. The third kappa shape index (κ3) is 6.32. The minimum atomic E-state index is -0.909. The Kier molecular flexibility index (Phi) is 7.79. The molecule has 0 aliphatic heterocycles. The first kappa shape index (κ1) is 28.5. The molecule has 0 saturated heterocycles. The fourth-order valence-corrected chi connectivity index (χ4v) is 5.09. The Morgan fingerprint density at radius 2 is 1.74 bits per heavy atom. The molecule has 1 saturated carbocycles. The highest BCUT2D eigenvalue weighted by molar-refractivity contribution is 6.35. The molecule has 3 aromatic carbocycles. The van der Waals surface area contributed by atoms with E-state index in [4.69, 9.17) is 5.26 Å². The minimum Gasteiger partial charge on any atom is -0.389 e. The van der Waals surface area contributed by atoms with Crippen LogP contribution in [-0.2, 0) is 28.2 Å². The molecule has 0 spiro atoms. The van der Waals surface area contributed by atoms with E-state index in [1.54, 1.807) is 55.1 Å². The summed E-state index contributed by atoms with van der Waals surface area (Å²) in [4.78, 5) is 37.6. The highest BCUT2D eigenvalue weighted by Gasteiger charge is 2.47. The van der Waals surface area contributed by atoms with Crippen LogP contribution in [0.3, 0.4) is 0 Å². The molecule has 214 valence electrons. The molecule has 5 rings (SSSR count). The van der Waals surface area contributed by atoms with Crippen molar-refractivity contribution in [1.82, 2.24) is 25.7 Å². The van der Waals surface area contributed by atoms with Crippen LogP contribution in [0.15, 0.2) is 73.1 Å². The molecule has 10 heteroatoms. The van der Waals surface area contributed by atoms with Crippen molar-refractivity contribution in [1.29, 1.82) is 5.26 Å². The van der Waals surface area contributed by atoms with Gasteiger partial charge in [0.25, 0.3) is 5.91 Å². The van der Waals surface area contributed by atoms with Gasteiger partial charge in [0.15, 0.2) is 0 Å². The number of nitriles is 1. The van der Waals surface area contributed by atoms with E-state index in [0.29, 0.717) is 17.7 Å². The van der Waals surface area contributed by atoms with Gasteiger partial charge in [-0.3, -0.25) is 19.1 Å². The largest absolute Gasteiger partial charge is 0.389 e. The van der Waals surface area contributed by atoms with Crippen molar-refractivity contribution < 1.29 is 19.5 Å². The van der Waals surface area contributed by atoms with Crippen LogP contribution >= 0.6 is 0 Å². The molecule has 0 radical (unpaired) electrons. The lowest BCUT2D eigenvalue weighted by Crippen LogP contribution is -2.40. The first-order valence-electron chi connectivity index (χ1n) is 13.7. The summed E-state index contributed by atoms with van der Waals surface area (Å²) in [5, 5.41) is 33.3. The number of amides is 3. The average Bonchev–Trinajstić information content (AvgIpc) is 3.60. The molecule has 3 amide bonds. The summed E-state index contributed by atoms with van der Waals surface area (Å²) >= 11 is 0. The average molecular weight is 565 g/mol. The van der Waals surface area contributed by atoms with Crippen LogP contribution in [-0.4, -0.2) is 44.8 Å². The fraction of sp³-hybridized carbons (Fsp3) is 0.281. The SMILES string of the molecule is CC(C)(O)Cn1cc(-c2cc(C3(NC(=O)c4ccccc4CNC(=O)C(=O)NCC#N)CC3)c3ccccc3c2)cn1. The molecule has 1 fully saturated rings. The number of rotatable bonds is 9. The molecule has 1 aliphatic rings. The van der Waals surface area contributed by atoms with Crippen LogP contribution in [0.1, 0.15) is 48.2 Å². The molecular formula is C32H32N6O4. The number of aromatic nitrogens is 2. The van der Waals surface area contributed by atoms with Crippen LogP contribution in [0, 0.1) is 11.3 Å². The van der Waals surface area contributed by atoms with Crippen molar-refractivity contribution in [3.63, 3.8) is 0 Å². The van der Waals surface area contributed by atoms with Crippen LogP contribution in [0.5, 0.6) is 0 Å². The lowest BCUT2D eigenvalue weighted by Gasteiger charge is -2.22. The monoisotopic (exact) mass is 564 g/mol. The fourth-order valence-electron chi connectivity index (χ4n) is 5.09. The molecule has 4 aromatic rings. The molecule has 1 heterocycles. The molecule has 10 nitrogen and oxygen atoms in total. The van der Waals surface area contributed by atoms with Gasteiger partial charge in [-0.2, -0.15) is 10.4 Å². The van der Waals surface area contributed by atoms with Gasteiger partial charge in [0.1, 0.15) is 6.54 Å². The van der Waals surface area contributed by atoms with Crippen molar-refractivity contribution in [3.05, 3.63) is 89.7 Å². The van der Waals surface area contributed by atoms with E-state index < -0.39 is 23.0 Å². The van der Waals surface area contributed by atoms with Crippen LogP contribution in [0.25, 0.3) is 21.9 Å². The van der Waals surface area contributed by atoms with E-state index in [1.165, 1.54) is 0 Å². The summed E-state index contributed by atoms with van der Waals surface area (Å²) in [6, 6.07) is 20.9. The van der Waals surface area contributed by atoms with E-state index in [2.05, 4.69) is 39.2 Å². The Morgan fingerprint density at radius 3 is 2.48 bits per heavy atom. The Balaban J connectivity index is 1.41. The van der Waals surface area contributed by atoms with Gasteiger partial charge in [0.2, 0.25) is 0 Å². The van der Waals surface area contributed by atoms with Crippen LogP contribution in [0.2, 0.25) is 0 Å². The Labute approximate surface area is 243 Å². The van der Waals surface area contributed by atoms with Crippen LogP contribution in [0.4, 0.5) is 0 Å². The van der Waals surface area contributed by atoms with Gasteiger partial charge in [-0.15, -0.1) is 0 Å². The summed E-state index contributed by atoms with van der Waals surface area (Å²) in [5.41, 5.74) is 2.38. The zero-order chi connectivity index (χ0) is 29.9. The van der Waals surface area contributed by atoms with E-state index in [-0.39, 0.29) is 19.0 Å². The van der Waals surface area contributed by atoms with E-state index in [1.807, 2.05) is 24.4 Å². The van der Waals surface area contributed by atoms with Gasteiger partial charge in [0.05, 0.1) is 30.0 Å². The maximum atomic E-state index is 13.7. The second kappa shape index (κ2) is 11.5. The number of benzene rings is 3. The van der Waals surface area contributed by atoms with Crippen LogP contribution < -0.4 is 16.0 Å². The van der Waals surface area contributed by atoms with Crippen molar-refractivity contribution in [2.75, 3.05) is 6.54 Å². The Bertz CT molecular complexity index is 1710. The second-order valence-corrected chi connectivity index (χ2v) is 11.2. The molecular weight excluding hydrogens is 532 g/mol. The predicted octanol–water partition coefficient (Wildman–Crippen LogP) is 3.15. The topological polar surface area (TPSA) is 149 Å². The first-order valence-corrected chi connectivity index (χ1v) is 13.7. The van der Waals surface area contributed by atoms with Gasteiger partial charge >= 0.3 is 11.8 Å². The maximum Gasteiger partial charge on any atom is 0.310 e. The quantitative estimate of drug-likeness (QED) is 0.181. The summed E-state index contributed by atoms with van der Waals surface area (Å²) < 4.78 is 1.72. The molecule has 0 bridgehead atoms. The number of carbonyl (C=O) groups excluding carboxylic acids is 3. The summed E-state index contributed by atoms with van der Waals surface area (Å²) in [7, 11) is 0. The number of aliphatic hydroxyl groups is 1. The predicted molar refractivity (Wildman–Crippen MR) is 157 cm³/mol. The van der Waals surface area contributed by atoms with Gasteiger partial charge in [-0.1, -0.05) is 42.5 Å². The number of nitrogens with one attached hydrogen (secondary N) is 3. The van der Waals surface area contributed by atoms with Crippen molar-refractivity contribution >= 4 is 28.5 Å². The molecule has 1 aliphatic carbocycles. The lowest BCUT2D eigenvalue weighted by atomic mass is 9.92. The van der Waals surface area contributed by atoms with E-state index >= 15 is 0 Å². The van der Waals surface area contributed by atoms with Gasteiger partial charge in [0, 0.05) is 23.9 Å². The summed E-state index contributed by atoms with van der Waals surface area (Å²) in [6.45, 7) is 3.54. The van der Waals surface area contributed by atoms with Crippen molar-refractivity contribution in [3.8, 4) is 17.2 Å². The van der Waals surface area contributed by atoms with Gasteiger partial charge in [-0.25, -0.2) is 0 Å². The standard InChI is InChI=1S/C32H32N6O4/c1-31(2,42)20-38-19-24(18-36-38)23-15-21-7-3-5-9-25(21)27(16-23)32(11-12-32)37-28(39)26-10-6-4-8-22(26)17-35-30(41)29(40)34-14-13-33/h3-10,15-16,18-19,42H,11-12,14,17,20H2,1-2H3,(H,34,40)(H,35,41)(H,37,39). The third-order valence-electron chi connectivity index (χ3n) is 7.23. The second-order valence-electron chi connectivity index (χ2n) is 11.2. The third-order valence-corrected chi connectivity index (χ3v) is 7.23. The zero-order valence-corrected chi connectivity index (χ0v) is 23.5. The normalized spacial score (nSPS) is 13.7. The van der Waals surface area contributed by atoms with Crippen molar-refractivity contribution in [2.45, 2.75) is 50.9 Å². The van der Waals surface area contributed by atoms with Gasteiger partial charge in [-0.05, 0) is 72.4 Å². The van der Waals surface area contributed by atoms with Crippen molar-refractivity contribution in [2.24, 2.45) is 0 Å². The smallest absolute Gasteiger partial charge is 0.310 e.